The molecule has 50 heavy (non-hydrogen) atoms. The Kier molecular flexibility index (Phi) is 5.14. The van der Waals surface area contributed by atoms with Crippen LogP contribution in [0.25, 0.3) is 85.9 Å². The highest BCUT2D eigenvalue weighted by molar-refractivity contribution is 7.26. The molecule has 9 aromatic carbocycles. The van der Waals surface area contributed by atoms with Gasteiger partial charge in [-0.1, -0.05) is 146 Å². The van der Waals surface area contributed by atoms with Gasteiger partial charge in [0.25, 0.3) is 0 Å². The summed E-state index contributed by atoms with van der Waals surface area (Å²) >= 11 is 1.92. The molecule has 0 bridgehead atoms. The zero-order valence-electron chi connectivity index (χ0n) is 27.1. The van der Waals surface area contributed by atoms with Gasteiger partial charge < -0.3 is 0 Å². The highest BCUT2D eigenvalue weighted by Crippen LogP contribution is 2.64. The summed E-state index contributed by atoms with van der Waals surface area (Å²) in [5.74, 6) is 0. The largest absolute Gasteiger partial charge is 0.135 e. The van der Waals surface area contributed by atoms with Crippen LogP contribution in [0.2, 0.25) is 0 Å². The fourth-order valence-electron chi connectivity index (χ4n) is 9.68. The molecule has 0 radical (unpaired) electrons. The molecule has 0 saturated carbocycles. The first-order valence-corrected chi connectivity index (χ1v) is 18.2. The molecule has 0 saturated heterocycles. The van der Waals surface area contributed by atoms with Gasteiger partial charge in [0.1, 0.15) is 0 Å². The number of rotatable bonds is 2. The Morgan fingerprint density at radius 2 is 0.960 bits per heavy atom. The summed E-state index contributed by atoms with van der Waals surface area (Å²) < 4.78 is 2.69. The average Bonchev–Trinajstić information content (AvgIpc) is 3.82. The Morgan fingerprint density at radius 3 is 1.86 bits per heavy atom. The Balaban J connectivity index is 1.26. The van der Waals surface area contributed by atoms with E-state index in [0.29, 0.717) is 0 Å². The highest BCUT2D eigenvalue weighted by atomic mass is 32.1. The second-order valence-electron chi connectivity index (χ2n) is 13.9. The summed E-state index contributed by atoms with van der Waals surface area (Å²) in [6.45, 7) is 0. The maximum Gasteiger partial charge on any atom is 0.0726 e. The molecule has 230 valence electrons. The van der Waals surface area contributed by atoms with Gasteiger partial charge in [0.2, 0.25) is 0 Å². The van der Waals surface area contributed by atoms with Crippen molar-refractivity contribution in [3.05, 3.63) is 192 Å². The lowest BCUT2D eigenvalue weighted by Crippen LogP contribution is -2.26. The fourth-order valence-corrected chi connectivity index (χ4v) is 10.9. The molecule has 2 aliphatic rings. The molecule has 0 amide bonds. The summed E-state index contributed by atoms with van der Waals surface area (Å²) in [6, 6.07) is 64.1. The van der Waals surface area contributed by atoms with E-state index < -0.39 is 5.41 Å². The molecule has 1 aromatic heterocycles. The van der Waals surface area contributed by atoms with E-state index in [4.69, 9.17) is 0 Å². The third-order valence-corrected chi connectivity index (χ3v) is 12.9. The molecule has 0 fully saturated rings. The van der Waals surface area contributed by atoms with Crippen LogP contribution in [-0.2, 0) is 5.41 Å². The van der Waals surface area contributed by atoms with Crippen molar-refractivity contribution in [3.8, 4) is 33.4 Å². The number of hydrogen-bond donors (Lipinski definition) is 0. The van der Waals surface area contributed by atoms with Gasteiger partial charge >= 0.3 is 0 Å². The minimum Gasteiger partial charge on any atom is -0.135 e. The monoisotopic (exact) mass is 648 g/mol. The van der Waals surface area contributed by atoms with Crippen molar-refractivity contribution in [1.82, 2.24) is 0 Å². The molecule has 1 spiro atoms. The summed E-state index contributed by atoms with van der Waals surface area (Å²) in [5, 5.41) is 10.8. The van der Waals surface area contributed by atoms with E-state index >= 15 is 0 Å². The van der Waals surface area contributed by atoms with E-state index in [2.05, 4.69) is 170 Å². The molecule has 0 N–H and O–H groups in total. The predicted octanol–water partition coefficient (Wildman–Crippen LogP) is 13.5. The number of fused-ring (bicyclic) bond motifs is 13. The Bertz CT molecular complexity index is 3090. The van der Waals surface area contributed by atoms with Crippen molar-refractivity contribution in [1.29, 1.82) is 0 Å². The van der Waals surface area contributed by atoms with Gasteiger partial charge in [0, 0.05) is 20.2 Å². The van der Waals surface area contributed by atoms with E-state index in [1.807, 2.05) is 11.3 Å². The van der Waals surface area contributed by atoms with Crippen molar-refractivity contribution >= 4 is 63.8 Å². The molecule has 0 nitrogen and oxygen atoms in total. The smallest absolute Gasteiger partial charge is 0.0726 e. The summed E-state index contributed by atoms with van der Waals surface area (Å²) in [5.41, 5.74) is 12.9. The number of benzene rings is 9. The third-order valence-electron chi connectivity index (χ3n) is 11.6. The zero-order chi connectivity index (χ0) is 32.6. The van der Waals surface area contributed by atoms with Gasteiger partial charge in [0.05, 0.1) is 5.41 Å². The van der Waals surface area contributed by atoms with Gasteiger partial charge in [-0.2, -0.15) is 0 Å². The van der Waals surface area contributed by atoms with Crippen LogP contribution in [-0.4, -0.2) is 0 Å². The second kappa shape index (κ2) is 9.57. The third kappa shape index (κ3) is 3.22. The number of thiophene rings is 1. The van der Waals surface area contributed by atoms with Gasteiger partial charge in [-0.05, 0) is 112 Å². The number of hydrogen-bond acceptors (Lipinski definition) is 1. The van der Waals surface area contributed by atoms with E-state index in [0.717, 1.165) is 0 Å². The van der Waals surface area contributed by atoms with Gasteiger partial charge in [-0.3, -0.25) is 0 Å². The molecule has 1 unspecified atom stereocenters. The Hall–Kier alpha value is -6.02. The summed E-state index contributed by atoms with van der Waals surface area (Å²) in [6.07, 6.45) is 0. The molecule has 1 heterocycles. The van der Waals surface area contributed by atoms with E-state index in [1.54, 1.807) is 0 Å². The lowest BCUT2D eigenvalue weighted by molar-refractivity contribution is 0.797. The van der Waals surface area contributed by atoms with Crippen LogP contribution in [0.1, 0.15) is 22.3 Å². The van der Waals surface area contributed by atoms with Gasteiger partial charge in [-0.15, -0.1) is 11.3 Å². The average molecular weight is 649 g/mol. The minimum atomic E-state index is -0.428. The molecular weight excluding hydrogens is 621 g/mol. The summed E-state index contributed by atoms with van der Waals surface area (Å²) in [7, 11) is 0. The van der Waals surface area contributed by atoms with E-state index in [-0.39, 0.29) is 0 Å². The van der Waals surface area contributed by atoms with Crippen molar-refractivity contribution in [2.75, 3.05) is 0 Å². The van der Waals surface area contributed by atoms with Crippen molar-refractivity contribution in [3.63, 3.8) is 0 Å². The quantitative estimate of drug-likeness (QED) is 0.164. The first-order valence-electron chi connectivity index (χ1n) is 17.4. The molecule has 12 rings (SSSR count). The molecule has 0 aliphatic heterocycles. The maximum atomic E-state index is 2.56. The van der Waals surface area contributed by atoms with Crippen LogP contribution >= 0.6 is 11.3 Å². The highest BCUT2D eigenvalue weighted by Gasteiger charge is 2.51. The fraction of sp³-hybridized carbons (Fsp3) is 0.0204. The van der Waals surface area contributed by atoms with Crippen molar-refractivity contribution in [2.24, 2.45) is 0 Å². The SMILES string of the molecule is c1ccc(-c2ccc3c(c2)-c2ccccc2C32c3cccc4c5ccccc5c5cc(-c6cccc7c6sc6ccccc67)cc2c5c34)cc1. The Morgan fingerprint density at radius 1 is 0.320 bits per heavy atom. The topological polar surface area (TPSA) is 0 Å². The van der Waals surface area contributed by atoms with Crippen LogP contribution in [0, 0.1) is 0 Å². The van der Waals surface area contributed by atoms with Crippen molar-refractivity contribution < 1.29 is 0 Å². The first-order chi connectivity index (χ1) is 24.8. The second-order valence-corrected chi connectivity index (χ2v) is 15.0. The first kappa shape index (κ1) is 26.9. The molecule has 1 atom stereocenters. The lowest BCUT2D eigenvalue weighted by Gasteiger charge is -2.31. The van der Waals surface area contributed by atoms with Gasteiger partial charge in [-0.25, -0.2) is 0 Å². The summed E-state index contributed by atoms with van der Waals surface area (Å²) in [4.78, 5) is 0. The van der Waals surface area contributed by atoms with E-state index in [9.17, 15) is 0 Å². The van der Waals surface area contributed by atoms with Crippen LogP contribution in [0.3, 0.4) is 0 Å². The zero-order valence-corrected chi connectivity index (χ0v) is 27.9. The van der Waals surface area contributed by atoms with Crippen LogP contribution in [0.4, 0.5) is 0 Å². The Labute approximate surface area is 293 Å². The molecule has 1 heteroatoms. The molecule has 2 aliphatic carbocycles. The molecular formula is C49H28S. The van der Waals surface area contributed by atoms with Crippen LogP contribution in [0.15, 0.2) is 170 Å². The predicted molar refractivity (Wildman–Crippen MR) is 214 cm³/mol. The minimum absolute atomic E-state index is 0.428. The molecule has 10 aromatic rings. The van der Waals surface area contributed by atoms with Gasteiger partial charge in [0.15, 0.2) is 0 Å². The standard InChI is InChI=1S/C49H28S/c1-2-12-29(13-3-1)30-24-25-42-39(26-30)35-16-6-8-21-41(35)49(42)43-22-11-19-37-33-14-4-5-15-34(33)40-27-31(28-44(49)47(40)46(37)43)32-18-10-20-38-36-17-7-9-23-45(36)50-48(32)38/h1-28H. The van der Waals surface area contributed by atoms with Crippen molar-refractivity contribution in [2.45, 2.75) is 5.41 Å². The van der Waals surface area contributed by atoms with Crippen LogP contribution < -0.4 is 0 Å². The normalized spacial score (nSPS) is 15.7. The van der Waals surface area contributed by atoms with E-state index in [1.165, 1.54) is 108 Å². The van der Waals surface area contributed by atoms with Crippen LogP contribution in [0.5, 0.6) is 0 Å². The lowest BCUT2D eigenvalue weighted by atomic mass is 9.69. The maximum absolute atomic E-state index is 2.56.